The summed E-state index contributed by atoms with van der Waals surface area (Å²) in [5, 5.41) is 152. The van der Waals surface area contributed by atoms with E-state index in [0.717, 1.165) is 12.0 Å². The third-order valence-corrected chi connectivity index (χ3v) is 22.1. The number of rotatable bonds is 14. The van der Waals surface area contributed by atoms with Crippen LogP contribution < -0.4 is 0 Å². The molecule has 4 aliphatic heterocycles. The minimum absolute atomic E-state index is 0.0237. The molecule has 4 saturated heterocycles. The van der Waals surface area contributed by atoms with Gasteiger partial charge in [-0.3, -0.25) is 9.35 Å². The number of allylic oxidation sites excluding steroid dienone is 2. The summed E-state index contributed by atoms with van der Waals surface area (Å²) in [4.78, 5) is 15.2. The molecule has 82 heavy (non-hydrogen) atoms. The highest BCUT2D eigenvalue weighted by molar-refractivity contribution is 7.80. The second kappa shape index (κ2) is 23.3. The summed E-state index contributed by atoms with van der Waals surface area (Å²) in [5.41, 5.74) is -2.82. The summed E-state index contributed by atoms with van der Waals surface area (Å²) in [7, 11) is -4.71. The highest BCUT2D eigenvalue weighted by atomic mass is 32.3. The van der Waals surface area contributed by atoms with E-state index in [1.54, 1.807) is 0 Å². The predicted molar refractivity (Wildman–Crippen MR) is 275 cm³/mol. The van der Waals surface area contributed by atoms with Gasteiger partial charge in [0.1, 0.15) is 103 Å². The molecule has 27 nitrogen and oxygen atoms in total. The molecule has 0 aromatic heterocycles. The van der Waals surface area contributed by atoms with Gasteiger partial charge >= 0.3 is 16.4 Å². The topological polar surface area (TPSA) is 438 Å². The number of aliphatic hydroxyl groups is 14. The van der Waals surface area contributed by atoms with Gasteiger partial charge in [0.2, 0.25) is 6.29 Å². The fraction of sp³-hybridized carbons (Fsp3) is 0.944. The quantitative estimate of drug-likeness (QED) is 0.0462. The van der Waals surface area contributed by atoms with Crippen LogP contribution in [0.25, 0.3) is 0 Å². The first-order valence-electron chi connectivity index (χ1n) is 28.6. The van der Waals surface area contributed by atoms with Gasteiger partial charge < -0.3 is 109 Å². The lowest BCUT2D eigenvalue weighted by molar-refractivity contribution is -0.376. The molecule has 0 bridgehead atoms. The van der Waals surface area contributed by atoms with Gasteiger partial charge in [0.15, 0.2) is 18.9 Å². The first-order valence-corrected chi connectivity index (χ1v) is 29.9. The SMILES string of the molecule is CC1(C)CCC2(C(=O)OC3OC(COC4OC(CO)C(O)C(O)C4OC4OC(COC5OC(CO)C(O)C(O)C5O)C(O)C(O)C4O)C(O)C(O)C3O)C(O)CC3(C)C(=CCC4C5(C)CCC(OS(=O)(=O)O)C(C)(C)C5CCC43C)C2C1. The van der Waals surface area contributed by atoms with Crippen LogP contribution in [0.5, 0.6) is 0 Å². The number of carbonyl (C=O) groups excluding carboxylic acids is 1. The smallest absolute Gasteiger partial charge is 0.397 e. The van der Waals surface area contributed by atoms with E-state index in [1.165, 1.54) is 0 Å². The van der Waals surface area contributed by atoms with Gasteiger partial charge in [-0.05, 0) is 103 Å². The van der Waals surface area contributed by atoms with Crippen molar-refractivity contribution < 1.29 is 131 Å². The molecule has 28 heteroatoms. The summed E-state index contributed by atoms with van der Waals surface area (Å²) < 4.78 is 85.1. The molecule has 0 aromatic carbocycles. The van der Waals surface area contributed by atoms with Gasteiger partial charge in [0, 0.05) is 0 Å². The van der Waals surface area contributed by atoms with Crippen molar-refractivity contribution in [2.45, 2.75) is 241 Å². The lowest BCUT2D eigenvalue weighted by Gasteiger charge is -2.71. The molecule has 9 rings (SSSR count). The van der Waals surface area contributed by atoms with Crippen molar-refractivity contribution in [1.29, 1.82) is 0 Å². The summed E-state index contributed by atoms with van der Waals surface area (Å²) >= 11 is 0. The van der Waals surface area contributed by atoms with Gasteiger partial charge in [0.05, 0.1) is 38.6 Å². The molecule has 472 valence electrons. The van der Waals surface area contributed by atoms with Crippen molar-refractivity contribution in [3.63, 3.8) is 0 Å². The molecule has 0 spiro atoms. The van der Waals surface area contributed by atoms with Crippen LogP contribution >= 0.6 is 0 Å². The molecule has 0 radical (unpaired) electrons. The lowest BCUT2D eigenvalue weighted by atomic mass is 9.33. The Hall–Kier alpha value is -1.76. The molecule has 4 heterocycles. The fourth-order valence-corrected chi connectivity index (χ4v) is 17.3. The maximum Gasteiger partial charge on any atom is 0.397 e. The Bertz CT molecular complexity index is 2410. The van der Waals surface area contributed by atoms with Crippen molar-refractivity contribution in [2.75, 3.05) is 26.4 Å². The number of ether oxygens (including phenoxy) is 8. The number of aliphatic hydroxyl groups excluding tert-OH is 14. The Morgan fingerprint density at radius 3 is 1.68 bits per heavy atom. The van der Waals surface area contributed by atoms with Crippen molar-refractivity contribution >= 4 is 16.4 Å². The summed E-state index contributed by atoms with van der Waals surface area (Å²) in [6.45, 7) is 11.6. The molecule has 29 atom stereocenters. The fourth-order valence-electron chi connectivity index (χ4n) is 16.6. The average Bonchev–Trinajstić information content (AvgIpc) is 0.731. The van der Waals surface area contributed by atoms with Gasteiger partial charge in [-0.15, -0.1) is 0 Å². The standard InChI is InChI=1S/C54H88O27S/c1-49(2)14-15-54(23(16-49)22-8-9-29-51(5)12-11-31(81-82(70,71)72)50(3,4)28(51)10-13-52(29,6)53(22,7)17-30(54)57)48(69)80-46-42(68)38(64)35(61)27(78-46)21-74-47-43(39(65)33(59)25(19-56)76-47)79-45-41(67)37(63)34(60)26(77-45)20-73-44-40(66)36(62)32(58)24(18-55)75-44/h8,23-47,55-68H,9-21H2,1-7H3,(H,70,71,72). The molecule has 15 N–H and O–H groups in total. The molecule has 8 fully saturated rings. The number of hydrogen-bond acceptors (Lipinski definition) is 26. The first-order chi connectivity index (χ1) is 38.1. The van der Waals surface area contributed by atoms with Crippen LogP contribution in [0.4, 0.5) is 0 Å². The third-order valence-electron chi connectivity index (χ3n) is 21.6. The van der Waals surface area contributed by atoms with Crippen LogP contribution in [-0.2, 0) is 57.3 Å². The maximum absolute atomic E-state index is 15.2. The molecule has 0 amide bonds. The van der Waals surface area contributed by atoms with Crippen LogP contribution in [0.2, 0.25) is 0 Å². The highest BCUT2D eigenvalue weighted by Crippen LogP contribution is 2.76. The molecule has 9 aliphatic rings. The van der Waals surface area contributed by atoms with E-state index < -0.39 is 205 Å². The molecular formula is C54H88O27S. The second-order valence-electron chi connectivity index (χ2n) is 27.0. The zero-order valence-electron chi connectivity index (χ0n) is 47.2. The van der Waals surface area contributed by atoms with Crippen molar-refractivity contribution in [3.8, 4) is 0 Å². The van der Waals surface area contributed by atoms with Crippen molar-refractivity contribution in [2.24, 2.45) is 50.2 Å². The number of fused-ring (bicyclic) bond motifs is 7. The Balaban J connectivity index is 0.916. The largest absolute Gasteiger partial charge is 0.432 e. The van der Waals surface area contributed by atoms with Crippen LogP contribution in [0, 0.1) is 50.2 Å². The number of carbonyl (C=O) groups is 1. The monoisotopic (exact) mass is 1200 g/mol. The van der Waals surface area contributed by atoms with Crippen molar-refractivity contribution in [1.82, 2.24) is 0 Å². The highest BCUT2D eigenvalue weighted by Gasteiger charge is 2.72. The minimum atomic E-state index is -4.71. The van der Waals surface area contributed by atoms with E-state index in [4.69, 9.17) is 42.1 Å². The van der Waals surface area contributed by atoms with Crippen LogP contribution in [-0.4, -0.2) is 252 Å². The van der Waals surface area contributed by atoms with E-state index in [1.807, 2.05) is 13.8 Å². The van der Waals surface area contributed by atoms with Gasteiger partial charge in [-0.25, -0.2) is 4.18 Å². The third kappa shape index (κ3) is 11.0. The van der Waals surface area contributed by atoms with Gasteiger partial charge in [-0.2, -0.15) is 8.42 Å². The van der Waals surface area contributed by atoms with E-state index >= 15 is 4.79 Å². The zero-order chi connectivity index (χ0) is 60.4. The maximum atomic E-state index is 15.2. The Morgan fingerprint density at radius 2 is 1.10 bits per heavy atom. The minimum Gasteiger partial charge on any atom is -0.432 e. The number of hydrogen-bond donors (Lipinski definition) is 15. The van der Waals surface area contributed by atoms with Crippen LogP contribution in [0.1, 0.15) is 106 Å². The molecule has 4 saturated carbocycles. The van der Waals surface area contributed by atoms with Crippen molar-refractivity contribution in [3.05, 3.63) is 11.6 Å². The normalized spacial score (nSPS) is 52.0. The van der Waals surface area contributed by atoms with E-state index in [9.17, 15) is 84.5 Å². The average molecular weight is 1200 g/mol. The van der Waals surface area contributed by atoms with Crippen LogP contribution in [0.15, 0.2) is 11.6 Å². The Morgan fingerprint density at radius 1 is 0.585 bits per heavy atom. The lowest BCUT2D eigenvalue weighted by Crippen LogP contribution is -2.68. The van der Waals surface area contributed by atoms with E-state index in [2.05, 4.69) is 40.7 Å². The number of esters is 1. The Labute approximate surface area is 475 Å². The van der Waals surface area contributed by atoms with E-state index in [-0.39, 0.29) is 35.5 Å². The summed E-state index contributed by atoms with van der Waals surface area (Å²) in [5.74, 6) is -1.37. The molecular weight excluding hydrogens is 1110 g/mol. The molecule has 29 unspecified atom stereocenters. The van der Waals surface area contributed by atoms with Gasteiger partial charge in [-0.1, -0.05) is 60.1 Å². The van der Waals surface area contributed by atoms with E-state index in [0.29, 0.717) is 38.5 Å². The summed E-state index contributed by atoms with van der Waals surface area (Å²) in [6, 6.07) is 0. The van der Waals surface area contributed by atoms with Gasteiger partial charge in [0.25, 0.3) is 0 Å². The molecule has 0 aromatic rings. The second-order valence-corrected chi connectivity index (χ2v) is 28.0. The summed E-state index contributed by atoms with van der Waals surface area (Å²) in [6.07, 6.45) is -32.4. The Kier molecular flexibility index (Phi) is 18.4. The first kappa shape index (κ1) is 64.7. The predicted octanol–water partition coefficient (Wildman–Crippen LogP) is -3.24. The molecule has 5 aliphatic carbocycles. The van der Waals surface area contributed by atoms with Crippen LogP contribution in [0.3, 0.4) is 0 Å². The zero-order valence-corrected chi connectivity index (χ0v) is 48.0.